The number of rotatable bonds is 5. The Morgan fingerprint density at radius 2 is 2.50 bits per heavy atom. The first kappa shape index (κ1) is 9.13. The van der Waals surface area contributed by atoms with E-state index in [1.54, 1.807) is 6.08 Å². The van der Waals surface area contributed by atoms with Crippen LogP contribution in [0.2, 0.25) is 0 Å². The molecule has 10 heavy (non-hydrogen) atoms. The topological polar surface area (TPSA) is 75.3 Å². The van der Waals surface area contributed by atoms with E-state index in [0.717, 1.165) is 0 Å². The van der Waals surface area contributed by atoms with E-state index in [0.29, 0.717) is 6.54 Å². The van der Waals surface area contributed by atoms with Crippen molar-refractivity contribution in [3.05, 3.63) is 12.7 Å². The molecule has 0 amide bonds. The van der Waals surface area contributed by atoms with E-state index >= 15 is 0 Å². The van der Waals surface area contributed by atoms with Crippen molar-refractivity contribution in [2.24, 2.45) is 5.73 Å². The predicted octanol–water partition coefficient (Wildman–Crippen LogP) is -0.826. The quantitative estimate of drug-likeness (QED) is 0.348. The first-order valence-electron chi connectivity index (χ1n) is 2.98. The number of carboxylic acids is 1. The van der Waals surface area contributed by atoms with E-state index in [2.05, 4.69) is 11.9 Å². The van der Waals surface area contributed by atoms with E-state index < -0.39 is 12.0 Å². The molecule has 4 heteroatoms. The number of carbonyl (C=O) groups is 1. The van der Waals surface area contributed by atoms with Crippen LogP contribution in [0, 0.1) is 0 Å². The Morgan fingerprint density at radius 3 is 2.90 bits per heavy atom. The number of carboxylic acid groups (broad SMARTS) is 1. The van der Waals surface area contributed by atoms with Gasteiger partial charge in [-0.25, -0.2) is 0 Å². The Bertz CT molecular complexity index is 125. The standard InChI is InChI=1S/C6H12N2O2/c1-2-3-8-4-5(7)6(9)10/h2,5,8H,1,3-4,7H2,(H,9,10)/t5-/m0/s1. The molecule has 0 saturated carbocycles. The average molecular weight is 144 g/mol. The SMILES string of the molecule is C=CCNC[C@H](N)C(=O)O. The zero-order chi connectivity index (χ0) is 7.98. The van der Waals surface area contributed by atoms with Gasteiger partial charge in [0.1, 0.15) is 6.04 Å². The van der Waals surface area contributed by atoms with Crippen LogP contribution in [0.5, 0.6) is 0 Å². The summed E-state index contributed by atoms with van der Waals surface area (Å²) in [6.45, 7) is 4.32. The Hall–Kier alpha value is -0.870. The molecular formula is C6H12N2O2. The molecule has 0 spiro atoms. The maximum Gasteiger partial charge on any atom is 0.321 e. The van der Waals surface area contributed by atoms with Gasteiger partial charge in [-0.2, -0.15) is 0 Å². The molecule has 0 aromatic rings. The van der Waals surface area contributed by atoms with E-state index in [-0.39, 0.29) is 6.54 Å². The van der Waals surface area contributed by atoms with Gasteiger partial charge in [-0.15, -0.1) is 6.58 Å². The molecule has 4 N–H and O–H groups in total. The molecule has 0 rings (SSSR count). The van der Waals surface area contributed by atoms with Crippen LogP contribution in [0.4, 0.5) is 0 Å². The third-order valence-electron chi connectivity index (χ3n) is 0.970. The fourth-order valence-electron chi connectivity index (χ4n) is 0.428. The lowest BCUT2D eigenvalue weighted by Crippen LogP contribution is -2.40. The van der Waals surface area contributed by atoms with Gasteiger partial charge in [0.2, 0.25) is 0 Å². The van der Waals surface area contributed by atoms with Crippen LogP contribution in [0.15, 0.2) is 12.7 Å². The fourth-order valence-corrected chi connectivity index (χ4v) is 0.428. The normalized spacial score (nSPS) is 12.5. The third kappa shape index (κ3) is 4.05. The molecule has 0 heterocycles. The van der Waals surface area contributed by atoms with Crippen molar-refractivity contribution in [3.63, 3.8) is 0 Å². The first-order valence-corrected chi connectivity index (χ1v) is 2.98. The van der Waals surface area contributed by atoms with E-state index in [9.17, 15) is 4.79 Å². The summed E-state index contributed by atoms with van der Waals surface area (Å²) in [5.41, 5.74) is 5.16. The molecule has 0 aliphatic carbocycles. The van der Waals surface area contributed by atoms with Gasteiger partial charge in [-0.3, -0.25) is 4.79 Å². The van der Waals surface area contributed by atoms with Crippen molar-refractivity contribution in [2.75, 3.05) is 13.1 Å². The summed E-state index contributed by atoms with van der Waals surface area (Å²) in [7, 11) is 0. The highest BCUT2D eigenvalue weighted by Gasteiger charge is 2.08. The highest BCUT2D eigenvalue weighted by Crippen LogP contribution is 1.74. The monoisotopic (exact) mass is 144 g/mol. The van der Waals surface area contributed by atoms with Crippen LogP contribution in [-0.2, 0) is 4.79 Å². The molecule has 0 aliphatic heterocycles. The second-order valence-corrected chi connectivity index (χ2v) is 1.89. The van der Waals surface area contributed by atoms with Gasteiger partial charge in [0.25, 0.3) is 0 Å². The van der Waals surface area contributed by atoms with Crippen molar-refractivity contribution < 1.29 is 9.90 Å². The number of hydrogen-bond donors (Lipinski definition) is 3. The van der Waals surface area contributed by atoms with Crippen LogP contribution >= 0.6 is 0 Å². The van der Waals surface area contributed by atoms with Crippen LogP contribution in [0.1, 0.15) is 0 Å². The molecule has 4 nitrogen and oxygen atoms in total. The maximum atomic E-state index is 10.1. The number of hydrogen-bond acceptors (Lipinski definition) is 3. The average Bonchev–Trinajstić information content (AvgIpc) is 1.88. The molecule has 0 aromatic carbocycles. The van der Waals surface area contributed by atoms with Gasteiger partial charge >= 0.3 is 5.97 Å². The van der Waals surface area contributed by atoms with Crippen molar-refractivity contribution >= 4 is 5.97 Å². The summed E-state index contributed by atoms with van der Waals surface area (Å²) in [4.78, 5) is 10.1. The lowest BCUT2D eigenvalue weighted by Gasteiger charge is -2.04. The third-order valence-corrected chi connectivity index (χ3v) is 0.970. The molecule has 0 bridgehead atoms. The summed E-state index contributed by atoms with van der Waals surface area (Å²) in [6, 6.07) is -0.819. The largest absolute Gasteiger partial charge is 0.480 e. The molecule has 0 unspecified atom stereocenters. The molecule has 0 fully saturated rings. The van der Waals surface area contributed by atoms with Gasteiger partial charge < -0.3 is 16.2 Å². The van der Waals surface area contributed by atoms with Gasteiger partial charge in [0, 0.05) is 13.1 Å². The lowest BCUT2D eigenvalue weighted by atomic mass is 10.3. The Morgan fingerprint density at radius 1 is 1.90 bits per heavy atom. The highest BCUT2D eigenvalue weighted by molar-refractivity contribution is 5.73. The number of nitrogens with one attached hydrogen (secondary N) is 1. The zero-order valence-corrected chi connectivity index (χ0v) is 5.71. The minimum absolute atomic E-state index is 0.279. The maximum absolute atomic E-state index is 10.1. The molecule has 0 saturated heterocycles. The summed E-state index contributed by atoms with van der Waals surface area (Å²) < 4.78 is 0. The summed E-state index contributed by atoms with van der Waals surface area (Å²) in [6.07, 6.45) is 1.65. The van der Waals surface area contributed by atoms with Gasteiger partial charge in [0.05, 0.1) is 0 Å². The molecule has 1 atom stereocenters. The Balaban J connectivity index is 3.30. The molecule has 0 aromatic heterocycles. The second kappa shape index (κ2) is 4.96. The summed E-state index contributed by atoms with van der Waals surface area (Å²) >= 11 is 0. The van der Waals surface area contributed by atoms with Crippen LogP contribution in [0.25, 0.3) is 0 Å². The van der Waals surface area contributed by atoms with Crippen LogP contribution < -0.4 is 11.1 Å². The second-order valence-electron chi connectivity index (χ2n) is 1.89. The summed E-state index contributed by atoms with van der Waals surface area (Å²) in [5, 5.41) is 11.1. The minimum Gasteiger partial charge on any atom is -0.480 e. The van der Waals surface area contributed by atoms with Crippen LogP contribution in [0.3, 0.4) is 0 Å². The first-order chi connectivity index (χ1) is 4.68. The molecule has 0 radical (unpaired) electrons. The number of aliphatic carboxylic acids is 1. The zero-order valence-electron chi connectivity index (χ0n) is 5.71. The van der Waals surface area contributed by atoms with E-state index in [1.165, 1.54) is 0 Å². The number of nitrogens with two attached hydrogens (primary N) is 1. The van der Waals surface area contributed by atoms with Gasteiger partial charge in [-0.1, -0.05) is 6.08 Å². The van der Waals surface area contributed by atoms with Gasteiger partial charge in [0.15, 0.2) is 0 Å². The smallest absolute Gasteiger partial charge is 0.321 e. The van der Waals surface area contributed by atoms with E-state index in [4.69, 9.17) is 10.8 Å². The molecule has 58 valence electrons. The summed E-state index contributed by atoms with van der Waals surface area (Å²) in [5.74, 6) is -0.989. The minimum atomic E-state index is -0.989. The van der Waals surface area contributed by atoms with Gasteiger partial charge in [-0.05, 0) is 0 Å². The molecule has 0 aliphatic rings. The van der Waals surface area contributed by atoms with Crippen molar-refractivity contribution in [1.82, 2.24) is 5.32 Å². The Kier molecular flexibility index (Phi) is 4.53. The molecular weight excluding hydrogens is 132 g/mol. The lowest BCUT2D eigenvalue weighted by molar-refractivity contribution is -0.138. The Labute approximate surface area is 59.7 Å². The fraction of sp³-hybridized carbons (Fsp3) is 0.500. The van der Waals surface area contributed by atoms with Crippen molar-refractivity contribution in [1.29, 1.82) is 0 Å². The van der Waals surface area contributed by atoms with E-state index in [1.807, 2.05) is 0 Å². The van der Waals surface area contributed by atoms with Crippen molar-refractivity contribution in [3.8, 4) is 0 Å². The highest BCUT2D eigenvalue weighted by atomic mass is 16.4. The van der Waals surface area contributed by atoms with Crippen molar-refractivity contribution in [2.45, 2.75) is 6.04 Å². The predicted molar refractivity (Wildman–Crippen MR) is 38.7 cm³/mol. The van der Waals surface area contributed by atoms with Crippen LogP contribution in [-0.4, -0.2) is 30.2 Å².